The summed E-state index contributed by atoms with van der Waals surface area (Å²) in [7, 11) is 1.52. The lowest BCUT2D eigenvalue weighted by Crippen LogP contribution is -2.51. The van der Waals surface area contributed by atoms with Gasteiger partial charge in [0.25, 0.3) is 0 Å². The number of amides is 1. The predicted molar refractivity (Wildman–Crippen MR) is 104 cm³/mol. The third-order valence-corrected chi connectivity index (χ3v) is 4.21. The lowest BCUT2D eigenvalue weighted by molar-refractivity contribution is -0.121. The number of rotatable bonds is 10. The molecule has 0 aliphatic carbocycles. The molecule has 6 nitrogen and oxygen atoms in total. The largest absolute Gasteiger partial charge is 0.489 e. The van der Waals surface area contributed by atoms with Crippen LogP contribution in [0.4, 0.5) is 0 Å². The average molecular weight is 372 g/mol. The standard InChI is InChI=1S/C21H28N2O4/c1-15-6-4-5-7-18(15)13-27-19-10-8-17(9-11-19)12-22-21(25)20(14-26-3)23-16(2)24/h4-11,20-22,25H,12-14H2,1-3H3,(H,23,24)/t20-,21?/m1/s1. The van der Waals surface area contributed by atoms with Gasteiger partial charge in [-0.3, -0.25) is 10.1 Å². The van der Waals surface area contributed by atoms with Crippen LogP contribution in [0.15, 0.2) is 48.5 Å². The molecule has 0 aliphatic heterocycles. The molecule has 2 aromatic carbocycles. The summed E-state index contributed by atoms with van der Waals surface area (Å²) in [6.45, 7) is 4.68. The van der Waals surface area contributed by atoms with Crippen LogP contribution >= 0.6 is 0 Å². The van der Waals surface area contributed by atoms with Crippen LogP contribution in [0.3, 0.4) is 0 Å². The Kier molecular flexibility index (Phi) is 8.26. The van der Waals surface area contributed by atoms with Crippen LogP contribution in [0, 0.1) is 6.92 Å². The first-order valence-electron chi connectivity index (χ1n) is 8.93. The molecule has 0 heterocycles. The molecule has 0 aliphatic rings. The lowest BCUT2D eigenvalue weighted by atomic mass is 10.1. The van der Waals surface area contributed by atoms with Gasteiger partial charge in [0, 0.05) is 20.6 Å². The van der Waals surface area contributed by atoms with Crippen molar-refractivity contribution in [2.24, 2.45) is 0 Å². The van der Waals surface area contributed by atoms with Crippen LogP contribution in [0.1, 0.15) is 23.6 Å². The van der Waals surface area contributed by atoms with Crippen molar-refractivity contribution in [2.75, 3.05) is 13.7 Å². The van der Waals surface area contributed by atoms with Gasteiger partial charge in [-0.15, -0.1) is 0 Å². The molecule has 1 amide bonds. The first-order chi connectivity index (χ1) is 13.0. The van der Waals surface area contributed by atoms with Gasteiger partial charge >= 0.3 is 0 Å². The minimum atomic E-state index is -0.911. The van der Waals surface area contributed by atoms with Crippen molar-refractivity contribution < 1.29 is 19.4 Å². The molecule has 0 fully saturated rings. The van der Waals surface area contributed by atoms with Gasteiger partial charge in [-0.1, -0.05) is 36.4 Å². The molecule has 0 aromatic heterocycles. The van der Waals surface area contributed by atoms with E-state index in [1.165, 1.54) is 19.6 Å². The van der Waals surface area contributed by atoms with Crippen LogP contribution in [0.5, 0.6) is 5.75 Å². The molecular weight excluding hydrogens is 344 g/mol. The molecule has 0 spiro atoms. The Bertz CT molecular complexity index is 718. The number of nitrogens with one attached hydrogen (secondary N) is 2. The number of carbonyl (C=O) groups is 1. The SMILES string of the molecule is COC[C@@H](NC(C)=O)C(O)NCc1ccc(OCc2ccccc2C)cc1. The lowest BCUT2D eigenvalue weighted by Gasteiger charge is -2.24. The van der Waals surface area contributed by atoms with Crippen LogP contribution < -0.4 is 15.4 Å². The van der Waals surface area contributed by atoms with Gasteiger partial charge in [-0.05, 0) is 35.7 Å². The van der Waals surface area contributed by atoms with E-state index >= 15 is 0 Å². The maximum absolute atomic E-state index is 11.2. The Balaban J connectivity index is 1.84. The van der Waals surface area contributed by atoms with E-state index in [1.807, 2.05) is 36.4 Å². The molecule has 2 rings (SSSR count). The predicted octanol–water partition coefficient (Wildman–Crippen LogP) is 2.13. The van der Waals surface area contributed by atoms with Gasteiger partial charge in [-0.2, -0.15) is 0 Å². The van der Waals surface area contributed by atoms with Crippen molar-refractivity contribution >= 4 is 5.91 Å². The van der Waals surface area contributed by atoms with E-state index in [9.17, 15) is 9.90 Å². The fraction of sp³-hybridized carbons (Fsp3) is 0.381. The van der Waals surface area contributed by atoms with Gasteiger partial charge in [0.05, 0.1) is 12.6 Å². The molecule has 146 valence electrons. The number of hydrogen-bond donors (Lipinski definition) is 3. The second-order valence-corrected chi connectivity index (χ2v) is 6.45. The first kappa shape index (κ1) is 20.9. The minimum Gasteiger partial charge on any atom is -0.489 e. The van der Waals surface area contributed by atoms with E-state index in [0.29, 0.717) is 13.2 Å². The maximum Gasteiger partial charge on any atom is 0.217 e. The van der Waals surface area contributed by atoms with Gasteiger partial charge in [0.15, 0.2) is 0 Å². The summed E-state index contributed by atoms with van der Waals surface area (Å²) in [6.07, 6.45) is -0.911. The monoisotopic (exact) mass is 372 g/mol. The van der Waals surface area contributed by atoms with Gasteiger partial charge in [0.2, 0.25) is 5.91 Å². The van der Waals surface area contributed by atoms with Crippen LogP contribution in [-0.4, -0.2) is 37.0 Å². The van der Waals surface area contributed by atoms with Crippen molar-refractivity contribution in [1.29, 1.82) is 0 Å². The number of aryl methyl sites for hydroxylation is 1. The zero-order valence-corrected chi connectivity index (χ0v) is 16.1. The fourth-order valence-electron chi connectivity index (χ4n) is 2.65. The third-order valence-electron chi connectivity index (χ3n) is 4.21. The Morgan fingerprint density at radius 2 is 1.85 bits per heavy atom. The number of hydrogen-bond acceptors (Lipinski definition) is 5. The summed E-state index contributed by atoms with van der Waals surface area (Å²) >= 11 is 0. The highest BCUT2D eigenvalue weighted by atomic mass is 16.5. The first-order valence-corrected chi connectivity index (χ1v) is 8.93. The van der Waals surface area contributed by atoms with Gasteiger partial charge in [-0.25, -0.2) is 0 Å². The quantitative estimate of drug-likeness (QED) is 0.557. The average Bonchev–Trinajstić information content (AvgIpc) is 2.65. The second-order valence-electron chi connectivity index (χ2n) is 6.45. The highest BCUT2D eigenvalue weighted by Gasteiger charge is 2.19. The molecule has 2 atom stereocenters. The molecule has 0 radical (unpaired) electrons. The normalized spacial score (nSPS) is 13.0. The summed E-state index contributed by atoms with van der Waals surface area (Å²) in [5, 5.41) is 15.9. The zero-order valence-electron chi connectivity index (χ0n) is 16.1. The Labute approximate surface area is 160 Å². The Morgan fingerprint density at radius 3 is 2.48 bits per heavy atom. The molecule has 1 unspecified atom stereocenters. The maximum atomic E-state index is 11.2. The highest BCUT2D eigenvalue weighted by Crippen LogP contribution is 2.16. The summed E-state index contributed by atoms with van der Waals surface area (Å²) < 4.78 is 10.9. The van der Waals surface area contributed by atoms with Crippen molar-refractivity contribution in [3.8, 4) is 5.75 Å². The van der Waals surface area contributed by atoms with E-state index in [-0.39, 0.29) is 12.5 Å². The molecule has 6 heteroatoms. The van der Waals surface area contributed by atoms with Crippen LogP contribution in [0.25, 0.3) is 0 Å². The van der Waals surface area contributed by atoms with E-state index in [4.69, 9.17) is 9.47 Å². The van der Waals surface area contributed by atoms with Gasteiger partial charge < -0.3 is 19.9 Å². The van der Waals surface area contributed by atoms with E-state index in [2.05, 4.69) is 29.7 Å². The second kappa shape index (κ2) is 10.7. The molecule has 0 bridgehead atoms. The van der Waals surface area contributed by atoms with E-state index in [0.717, 1.165) is 16.9 Å². The molecule has 0 saturated heterocycles. The summed E-state index contributed by atoms with van der Waals surface area (Å²) in [5.41, 5.74) is 3.36. The molecule has 27 heavy (non-hydrogen) atoms. The Hall–Kier alpha value is -2.41. The number of aliphatic hydroxyl groups excluding tert-OH is 1. The number of methoxy groups -OCH3 is 1. The van der Waals surface area contributed by atoms with Crippen molar-refractivity contribution in [3.63, 3.8) is 0 Å². The number of aliphatic hydroxyl groups is 1. The minimum absolute atomic E-state index is 0.215. The van der Waals surface area contributed by atoms with E-state index < -0.39 is 12.3 Å². The third kappa shape index (κ3) is 7.02. The smallest absolute Gasteiger partial charge is 0.217 e. The summed E-state index contributed by atoms with van der Waals surface area (Å²) in [6, 6.07) is 15.3. The Morgan fingerprint density at radius 1 is 1.15 bits per heavy atom. The van der Waals surface area contributed by atoms with Crippen LogP contribution in [0.2, 0.25) is 0 Å². The van der Waals surface area contributed by atoms with Crippen molar-refractivity contribution in [1.82, 2.24) is 10.6 Å². The highest BCUT2D eigenvalue weighted by molar-refractivity contribution is 5.73. The number of ether oxygens (including phenoxy) is 2. The number of carbonyl (C=O) groups excluding carboxylic acids is 1. The zero-order chi connectivity index (χ0) is 19.6. The molecule has 3 N–H and O–H groups in total. The molecular formula is C21H28N2O4. The fourth-order valence-corrected chi connectivity index (χ4v) is 2.65. The topological polar surface area (TPSA) is 79.8 Å². The summed E-state index contributed by atoms with van der Waals surface area (Å²) in [4.78, 5) is 11.2. The van der Waals surface area contributed by atoms with Gasteiger partial charge in [0.1, 0.15) is 18.6 Å². The number of benzene rings is 2. The van der Waals surface area contributed by atoms with Crippen LogP contribution in [-0.2, 0) is 22.7 Å². The van der Waals surface area contributed by atoms with Crippen molar-refractivity contribution in [3.05, 3.63) is 65.2 Å². The van der Waals surface area contributed by atoms with E-state index in [1.54, 1.807) is 0 Å². The summed E-state index contributed by atoms with van der Waals surface area (Å²) in [5.74, 6) is 0.575. The van der Waals surface area contributed by atoms with Crippen molar-refractivity contribution in [2.45, 2.75) is 39.3 Å². The molecule has 2 aromatic rings. The molecule has 0 saturated carbocycles.